The molecule has 2 aromatic heterocycles. The van der Waals surface area contributed by atoms with Crippen LogP contribution in [0.4, 0.5) is 16.3 Å². The summed E-state index contributed by atoms with van der Waals surface area (Å²) in [5.74, 6) is 0.722. The van der Waals surface area contributed by atoms with Gasteiger partial charge in [0.1, 0.15) is 5.82 Å². The molecular formula is C13H14N4O2. The topological polar surface area (TPSA) is 76.1 Å². The summed E-state index contributed by atoms with van der Waals surface area (Å²) in [6.45, 7) is 0.643. The average Bonchev–Trinajstić information content (AvgIpc) is 2.47. The summed E-state index contributed by atoms with van der Waals surface area (Å²) in [7, 11) is 1.31. The van der Waals surface area contributed by atoms with Crippen molar-refractivity contribution in [1.29, 1.82) is 0 Å². The van der Waals surface area contributed by atoms with E-state index in [0.717, 1.165) is 11.4 Å². The van der Waals surface area contributed by atoms with Crippen LogP contribution < -0.4 is 10.6 Å². The molecule has 0 aliphatic heterocycles. The molecule has 0 aliphatic rings. The van der Waals surface area contributed by atoms with Gasteiger partial charge in [0.25, 0.3) is 0 Å². The number of amides is 1. The lowest BCUT2D eigenvalue weighted by Crippen LogP contribution is -2.11. The fraction of sp³-hybridized carbons (Fsp3) is 0.154. The Morgan fingerprint density at radius 1 is 1.32 bits per heavy atom. The van der Waals surface area contributed by atoms with Gasteiger partial charge >= 0.3 is 6.09 Å². The number of carbonyl (C=O) groups excluding carboxylic acids is 1. The molecule has 0 unspecified atom stereocenters. The van der Waals surface area contributed by atoms with Gasteiger partial charge in [0.05, 0.1) is 19.0 Å². The monoisotopic (exact) mass is 258 g/mol. The molecule has 19 heavy (non-hydrogen) atoms. The Morgan fingerprint density at radius 2 is 2.21 bits per heavy atom. The van der Waals surface area contributed by atoms with Gasteiger partial charge in [-0.2, -0.15) is 0 Å². The minimum atomic E-state index is -0.516. The Kier molecular flexibility index (Phi) is 4.28. The number of hydrogen-bond acceptors (Lipinski definition) is 5. The maximum absolute atomic E-state index is 11.0. The second-order valence-corrected chi connectivity index (χ2v) is 3.76. The lowest BCUT2D eigenvalue weighted by Gasteiger charge is -2.07. The molecule has 0 aliphatic carbocycles. The SMILES string of the molecule is COC(=O)Nc1ccc(NCc2cccnc2)nc1. The van der Waals surface area contributed by atoms with Gasteiger partial charge < -0.3 is 10.1 Å². The van der Waals surface area contributed by atoms with Crippen LogP contribution in [0.15, 0.2) is 42.9 Å². The first-order chi connectivity index (χ1) is 9.28. The van der Waals surface area contributed by atoms with Crippen LogP contribution in [0.3, 0.4) is 0 Å². The van der Waals surface area contributed by atoms with Crippen molar-refractivity contribution < 1.29 is 9.53 Å². The molecule has 2 rings (SSSR count). The van der Waals surface area contributed by atoms with Crippen LogP contribution >= 0.6 is 0 Å². The van der Waals surface area contributed by atoms with E-state index >= 15 is 0 Å². The molecule has 6 heteroatoms. The normalized spacial score (nSPS) is 9.74. The van der Waals surface area contributed by atoms with E-state index in [9.17, 15) is 4.79 Å². The van der Waals surface area contributed by atoms with Crippen LogP contribution in [0.25, 0.3) is 0 Å². The molecule has 0 fully saturated rings. The highest BCUT2D eigenvalue weighted by molar-refractivity contribution is 5.84. The van der Waals surface area contributed by atoms with Gasteiger partial charge in [-0.3, -0.25) is 10.3 Å². The molecule has 0 spiro atoms. The second-order valence-electron chi connectivity index (χ2n) is 3.76. The molecule has 0 saturated carbocycles. The highest BCUT2D eigenvalue weighted by atomic mass is 16.5. The lowest BCUT2D eigenvalue weighted by molar-refractivity contribution is 0.187. The number of methoxy groups -OCH3 is 1. The molecule has 6 nitrogen and oxygen atoms in total. The number of nitrogens with one attached hydrogen (secondary N) is 2. The van der Waals surface area contributed by atoms with E-state index in [1.807, 2.05) is 12.1 Å². The molecule has 0 atom stereocenters. The number of pyridine rings is 2. The maximum atomic E-state index is 11.0. The number of rotatable bonds is 4. The van der Waals surface area contributed by atoms with E-state index in [2.05, 4.69) is 25.3 Å². The molecule has 0 saturated heterocycles. The molecular weight excluding hydrogens is 244 g/mol. The maximum Gasteiger partial charge on any atom is 0.411 e. The number of ether oxygens (including phenoxy) is 1. The standard InChI is InChI=1S/C13H14N4O2/c1-19-13(18)17-11-4-5-12(16-9-11)15-8-10-3-2-6-14-7-10/h2-7,9H,8H2,1H3,(H,15,16)(H,17,18). The summed E-state index contributed by atoms with van der Waals surface area (Å²) < 4.78 is 4.49. The van der Waals surface area contributed by atoms with Gasteiger partial charge in [-0.25, -0.2) is 9.78 Å². The Balaban J connectivity index is 1.90. The van der Waals surface area contributed by atoms with Crippen molar-refractivity contribution in [3.63, 3.8) is 0 Å². The van der Waals surface area contributed by atoms with Gasteiger partial charge in [-0.05, 0) is 23.8 Å². The van der Waals surface area contributed by atoms with Crippen LogP contribution in [0.2, 0.25) is 0 Å². The van der Waals surface area contributed by atoms with Crippen LogP contribution in [0.1, 0.15) is 5.56 Å². The first kappa shape index (κ1) is 12.8. The van der Waals surface area contributed by atoms with Crippen molar-refractivity contribution in [3.8, 4) is 0 Å². The zero-order valence-corrected chi connectivity index (χ0v) is 10.5. The van der Waals surface area contributed by atoms with Gasteiger partial charge in [0, 0.05) is 18.9 Å². The van der Waals surface area contributed by atoms with E-state index in [0.29, 0.717) is 12.2 Å². The van der Waals surface area contributed by atoms with Crippen molar-refractivity contribution in [2.75, 3.05) is 17.7 Å². The van der Waals surface area contributed by atoms with Crippen molar-refractivity contribution in [1.82, 2.24) is 9.97 Å². The van der Waals surface area contributed by atoms with Crippen LogP contribution in [0.5, 0.6) is 0 Å². The van der Waals surface area contributed by atoms with E-state index in [4.69, 9.17) is 0 Å². The van der Waals surface area contributed by atoms with Gasteiger partial charge in [0.2, 0.25) is 0 Å². The minimum Gasteiger partial charge on any atom is -0.453 e. The number of nitrogens with zero attached hydrogens (tertiary/aromatic N) is 2. The van der Waals surface area contributed by atoms with E-state index < -0.39 is 6.09 Å². The van der Waals surface area contributed by atoms with Gasteiger partial charge in [-0.15, -0.1) is 0 Å². The van der Waals surface area contributed by atoms with Crippen LogP contribution in [-0.4, -0.2) is 23.2 Å². The first-order valence-electron chi connectivity index (χ1n) is 5.72. The predicted octanol–water partition coefficient (Wildman–Crippen LogP) is 2.27. The van der Waals surface area contributed by atoms with Crippen LogP contribution in [0, 0.1) is 0 Å². The van der Waals surface area contributed by atoms with E-state index in [-0.39, 0.29) is 0 Å². The van der Waals surface area contributed by atoms with Crippen LogP contribution in [-0.2, 0) is 11.3 Å². The molecule has 2 N–H and O–H groups in total. The quantitative estimate of drug-likeness (QED) is 0.879. The highest BCUT2D eigenvalue weighted by Crippen LogP contribution is 2.10. The number of anilines is 2. The summed E-state index contributed by atoms with van der Waals surface area (Å²) in [6, 6.07) is 7.39. The summed E-state index contributed by atoms with van der Waals surface area (Å²) in [5.41, 5.74) is 1.65. The molecule has 0 radical (unpaired) electrons. The molecule has 2 heterocycles. The third-order valence-electron chi connectivity index (χ3n) is 2.39. The van der Waals surface area contributed by atoms with Crippen molar-refractivity contribution in [2.45, 2.75) is 6.54 Å². The molecule has 0 aromatic carbocycles. The highest BCUT2D eigenvalue weighted by Gasteiger charge is 2.01. The molecule has 98 valence electrons. The fourth-order valence-electron chi connectivity index (χ4n) is 1.44. The Morgan fingerprint density at radius 3 is 2.84 bits per heavy atom. The summed E-state index contributed by atoms with van der Waals surface area (Å²) in [5, 5.41) is 5.69. The van der Waals surface area contributed by atoms with E-state index in [1.54, 1.807) is 30.7 Å². The number of hydrogen-bond donors (Lipinski definition) is 2. The van der Waals surface area contributed by atoms with Crippen molar-refractivity contribution in [3.05, 3.63) is 48.4 Å². The second kappa shape index (κ2) is 6.34. The van der Waals surface area contributed by atoms with Crippen molar-refractivity contribution in [2.24, 2.45) is 0 Å². The largest absolute Gasteiger partial charge is 0.453 e. The number of aromatic nitrogens is 2. The predicted molar refractivity (Wildman–Crippen MR) is 71.8 cm³/mol. The third kappa shape index (κ3) is 3.95. The minimum absolute atomic E-state index is 0.516. The Bertz CT molecular complexity index is 528. The van der Waals surface area contributed by atoms with Gasteiger partial charge in [-0.1, -0.05) is 6.07 Å². The van der Waals surface area contributed by atoms with E-state index in [1.165, 1.54) is 7.11 Å². The van der Waals surface area contributed by atoms with Crippen molar-refractivity contribution >= 4 is 17.6 Å². The average molecular weight is 258 g/mol. The first-order valence-corrected chi connectivity index (χ1v) is 5.72. The summed E-state index contributed by atoms with van der Waals surface area (Å²) in [6.07, 6.45) is 4.57. The number of carbonyl (C=O) groups is 1. The fourth-order valence-corrected chi connectivity index (χ4v) is 1.44. The zero-order chi connectivity index (χ0) is 13.5. The summed E-state index contributed by atoms with van der Waals surface area (Å²) >= 11 is 0. The Hall–Kier alpha value is -2.63. The summed E-state index contributed by atoms with van der Waals surface area (Å²) in [4.78, 5) is 19.2. The zero-order valence-electron chi connectivity index (χ0n) is 10.5. The lowest BCUT2D eigenvalue weighted by atomic mass is 10.3. The molecule has 1 amide bonds. The van der Waals surface area contributed by atoms with Gasteiger partial charge in [0.15, 0.2) is 0 Å². The molecule has 2 aromatic rings. The Labute approximate surface area is 110 Å². The molecule has 0 bridgehead atoms. The smallest absolute Gasteiger partial charge is 0.411 e. The third-order valence-corrected chi connectivity index (χ3v) is 2.39.